The summed E-state index contributed by atoms with van der Waals surface area (Å²) in [5.74, 6) is 0.649. The van der Waals surface area contributed by atoms with Gasteiger partial charge < -0.3 is 9.32 Å². The average molecular weight is 423 g/mol. The fourth-order valence-corrected chi connectivity index (χ4v) is 6.44. The average Bonchev–Trinajstić information content (AvgIpc) is 3.40. The molecule has 1 atom stereocenters. The molecule has 3 aromatic rings. The lowest BCUT2D eigenvalue weighted by Crippen LogP contribution is -2.41. The van der Waals surface area contributed by atoms with E-state index in [9.17, 15) is 13.2 Å². The smallest absolute Gasteiger partial charge is 0.229 e. The second-order valence-electron chi connectivity index (χ2n) is 6.49. The number of thiophene rings is 1. The number of amides is 1. The summed E-state index contributed by atoms with van der Waals surface area (Å²) in [5, 5.41) is 6.80. The third-order valence-electron chi connectivity index (χ3n) is 4.53. The van der Waals surface area contributed by atoms with E-state index in [0.717, 1.165) is 10.6 Å². The highest BCUT2D eigenvalue weighted by molar-refractivity contribution is 7.91. The minimum atomic E-state index is -3.09. The lowest BCUT2D eigenvalue weighted by molar-refractivity contribution is -0.133. The van der Waals surface area contributed by atoms with E-state index in [2.05, 4.69) is 4.98 Å². The third-order valence-corrected chi connectivity index (χ3v) is 7.90. The Balaban J connectivity index is 1.51. The monoisotopic (exact) mass is 422 g/mol. The topological polar surface area (TPSA) is 80.5 Å². The Labute approximate surface area is 165 Å². The molecule has 0 saturated carbocycles. The van der Waals surface area contributed by atoms with E-state index in [1.807, 2.05) is 22.2 Å². The number of carbonyl (C=O) groups is 1. The Kier molecular flexibility index (Phi) is 5.16. The van der Waals surface area contributed by atoms with E-state index >= 15 is 0 Å². The van der Waals surface area contributed by atoms with Gasteiger partial charge in [-0.2, -0.15) is 11.3 Å². The number of sulfone groups is 1. The van der Waals surface area contributed by atoms with Gasteiger partial charge in [-0.05, 0) is 30.0 Å². The zero-order valence-corrected chi connectivity index (χ0v) is 16.9. The Morgan fingerprint density at radius 2 is 2.22 bits per heavy atom. The normalized spacial score (nSPS) is 18.6. The molecule has 0 radical (unpaired) electrons. The van der Waals surface area contributed by atoms with Gasteiger partial charge in [-0.1, -0.05) is 0 Å². The molecule has 4 rings (SSSR count). The van der Waals surface area contributed by atoms with Crippen molar-refractivity contribution >= 4 is 38.4 Å². The van der Waals surface area contributed by atoms with E-state index < -0.39 is 9.84 Å². The van der Waals surface area contributed by atoms with Crippen LogP contribution in [0.5, 0.6) is 0 Å². The quantitative estimate of drug-likeness (QED) is 0.609. The molecule has 0 unspecified atom stereocenters. The molecule has 9 heteroatoms. The zero-order valence-electron chi connectivity index (χ0n) is 14.4. The number of hydrogen-bond donors (Lipinski definition) is 0. The van der Waals surface area contributed by atoms with Crippen molar-refractivity contribution in [2.75, 3.05) is 11.5 Å². The number of nitrogens with zero attached hydrogens (tertiary/aromatic N) is 2. The molecule has 1 aliphatic rings. The van der Waals surface area contributed by atoms with Crippen molar-refractivity contribution in [3.63, 3.8) is 0 Å². The predicted molar refractivity (Wildman–Crippen MR) is 105 cm³/mol. The molecule has 0 spiro atoms. The van der Waals surface area contributed by atoms with Crippen molar-refractivity contribution in [3.8, 4) is 10.6 Å². The van der Waals surface area contributed by atoms with Gasteiger partial charge in [-0.15, -0.1) is 11.3 Å². The van der Waals surface area contributed by atoms with Gasteiger partial charge in [0.25, 0.3) is 0 Å². The maximum absolute atomic E-state index is 13.0. The van der Waals surface area contributed by atoms with Crippen LogP contribution in [0, 0.1) is 0 Å². The number of rotatable bonds is 6. The fourth-order valence-electron chi connectivity index (χ4n) is 3.18. The highest BCUT2D eigenvalue weighted by atomic mass is 32.2. The maximum Gasteiger partial charge on any atom is 0.229 e. The Morgan fingerprint density at radius 3 is 2.89 bits per heavy atom. The first-order valence-corrected chi connectivity index (χ1v) is 12.1. The summed E-state index contributed by atoms with van der Waals surface area (Å²) in [6, 6.07) is 5.24. The largest absolute Gasteiger partial charge is 0.467 e. The Morgan fingerprint density at radius 1 is 1.33 bits per heavy atom. The van der Waals surface area contributed by atoms with Gasteiger partial charge in [0.2, 0.25) is 5.91 Å². The molecule has 1 aliphatic heterocycles. The summed E-state index contributed by atoms with van der Waals surface area (Å²) < 4.78 is 29.2. The maximum atomic E-state index is 13.0. The SMILES string of the molecule is O=C(Cc1csc(-c2ccsc2)n1)N(Cc1ccco1)[C@@H]1CCS(=O)(=O)C1. The third kappa shape index (κ3) is 4.31. The lowest BCUT2D eigenvalue weighted by Gasteiger charge is -2.27. The van der Waals surface area contributed by atoms with Crippen LogP contribution in [0.2, 0.25) is 0 Å². The minimum Gasteiger partial charge on any atom is -0.467 e. The van der Waals surface area contributed by atoms with Crippen LogP contribution in [-0.4, -0.2) is 41.8 Å². The van der Waals surface area contributed by atoms with Crippen molar-refractivity contribution in [3.05, 3.63) is 52.1 Å². The first kappa shape index (κ1) is 18.4. The van der Waals surface area contributed by atoms with Crippen LogP contribution in [0.4, 0.5) is 0 Å². The van der Waals surface area contributed by atoms with Crippen LogP contribution in [0.1, 0.15) is 17.9 Å². The lowest BCUT2D eigenvalue weighted by atomic mass is 10.2. The number of hydrogen-bond acceptors (Lipinski definition) is 7. The first-order valence-electron chi connectivity index (χ1n) is 8.49. The Hall–Kier alpha value is -1.97. The predicted octanol–water partition coefficient (Wildman–Crippen LogP) is 3.22. The van der Waals surface area contributed by atoms with E-state index in [4.69, 9.17) is 4.42 Å². The van der Waals surface area contributed by atoms with Gasteiger partial charge in [-0.25, -0.2) is 13.4 Å². The fraction of sp³-hybridized carbons (Fsp3) is 0.333. The molecule has 142 valence electrons. The summed E-state index contributed by atoms with van der Waals surface area (Å²) in [5.41, 5.74) is 1.76. The molecule has 0 aliphatic carbocycles. The molecule has 0 aromatic carbocycles. The van der Waals surface area contributed by atoms with Gasteiger partial charge in [-0.3, -0.25) is 4.79 Å². The molecule has 3 aromatic heterocycles. The second-order valence-corrected chi connectivity index (χ2v) is 10.4. The van der Waals surface area contributed by atoms with Crippen LogP contribution < -0.4 is 0 Å². The number of thiazole rings is 1. The van der Waals surface area contributed by atoms with E-state index in [0.29, 0.717) is 17.9 Å². The van der Waals surface area contributed by atoms with Crippen molar-refractivity contribution in [2.45, 2.75) is 25.4 Å². The van der Waals surface area contributed by atoms with Crippen molar-refractivity contribution in [1.29, 1.82) is 0 Å². The van der Waals surface area contributed by atoms with Crippen molar-refractivity contribution in [1.82, 2.24) is 9.88 Å². The van der Waals surface area contributed by atoms with Gasteiger partial charge in [0.05, 0.1) is 36.4 Å². The summed E-state index contributed by atoms with van der Waals surface area (Å²) in [7, 11) is -3.09. The van der Waals surface area contributed by atoms with E-state index in [1.54, 1.807) is 34.6 Å². The molecule has 1 fully saturated rings. The summed E-state index contributed by atoms with van der Waals surface area (Å²) >= 11 is 3.11. The van der Waals surface area contributed by atoms with Crippen molar-refractivity contribution in [2.24, 2.45) is 0 Å². The Bertz CT molecular complexity index is 1010. The molecular formula is C18H18N2O4S3. The van der Waals surface area contributed by atoms with Crippen LogP contribution in [0.25, 0.3) is 10.6 Å². The molecule has 0 N–H and O–H groups in total. The van der Waals surface area contributed by atoms with Gasteiger partial charge in [0.15, 0.2) is 9.84 Å². The van der Waals surface area contributed by atoms with Gasteiger partial charge >= 0.3 is 0 Å². The van der Waals surface area contributed by atoms with E-state index in [-0.39, 0.29) is 36.4 Å². The molecule has 27 heavy (non-hydrogen) atoms. The van der Waals surface area contributed by atoms with Gasteiger partial charge in [0.1, 0.15) is 10.8 Å². The summed E-state index contributed by atoms with van der Waals surface area (Å²) in [4.78, 5) is 19.2. The van der Waals surface area contributed by atoms with Crippen LogP contribution >= 0.6 is 22.7 Å². The van der Waals surface area contributed by atoms with Crippen LogP contribution in [0.15, 0.2) is 45.0 Å². The van der Waals surface area contributed by atoms with Gasteiger partial charge in [0, 0.05) is 22.4 Å². The molecule has 6 nitrogen and oxygen atoms in total. The summed E-state index contributed by atoms with van der Waals surface area (Å²) in [6.07, 6.45) is 2.17. The molecular weight excluding hydrogens is 404 g/mol. The van der Waals surface area contributed by atoms with Crippen LogP contribution in [0.3, 0.4) is 0 Å². The number of aromatic nitrogens is 1. The van der Waals surface area contributed by atoms with E-state index in [1.165, 1.54) is 11.3 Å². The first-order chi connectivity index (χ1) is 13.0. The molecule has 4 heterocycles. The number of carbonyl (C=O) groups excluding carboxylic acids is 1. The molecule has 1 amide bonds. The molecule has 1 saturated heterocycles. The standard InChI is InChI=1S/C18H18N2O4S3/c21-17(8-14-11-26-18(19-14)13-3-6-25-10-13)20(9-16-2-1-5-24-16)15-4-7-27(22,23)12-15/h1-3,5-6,10-11,15H,4,7-9,12H2/t15-/m1/s1. The molecule has 0 bridgehead atoms. The minimum absolute atomic E-state index is 0.0106. The zero-order chi connectivity index (χ0) is 18.9. The highest BCUT2D eigenvalue weighted by Crippen LogP contribution is 2.27. The highest BCUT2D eigenvalue weighted by Gasteiger charge is 2.35. The second kappa shape index (κ2) is 7.57. The van der Waals surface area contributed by atoms with Crippen LogP contribution in [-0.2, 0) is 27.6 Å². The van der Waals surface area contributed by atoms with Crippen molar-refractivity contribution < 1.29 is 17.6 Å². The number of furan rings is 1. The summed E-state index contributed by atoms with van der Waals surface area (Å²) in [6.45, 7) is 0.271.